The number of nitrogens with two attached hydrogens (primary N) is 1. The molecule has 0 atom stereocenters. The zero-order valence-electron chi connectivity index (χ0n) is 13.2. The Bertz CT molecular complexity index is 797. The van der Waals surface area contributed by atoms with E-state index in [1.54, 1.807) is 31.1 Å². The van der Waals surface area contributed by atoms with Crippen molar-refractivity contribution in [3.05, 3.63) is 53.1 Å². The van der Waals surface area contributed by atoms with Gasteiger partial charge in [0, 0.05) is 26.2 Å². The lowest BCUT2D eigenvalue weighted by Crippen LogP contribution is -2.21. The second kappa shape index (κ2) is 5.76. The van der Waals surface area contributed by atoms with Crippen LogP contribution in [0.3, 0.4) is 0 Å². The van der Waals surface area contributed by atoms with E-state index in [9.17, 15) is 9.59 Å². The second-order valence-corrected chi connectivity index (χ2v) is 5.88. The highest BCUT2D eigenvalue weighted by Crippen LogP contribution is 2.32. The third-order valence-electron chi connectivity index (χ3n) is 4.03. The lowest BCUT2D eigenvalue weighted by atomic mass is 9.96. The van der Waals surface area contributed by atoms with Crippen LogP contribution in [0.15, 0.2) is 36.4 Å². The largest absolute Gasteiger partial charge is 0.384 e. The van der Waals surface area contributed by atoms with E-state index in [4.69, 9.17) is 5.73 Å². The van der Waals surface area contributed by atoms with E-state index >= 15 is 0 Å². The van der Waals surface area contributed by atoms with Crippen LogP contribution in [-0.2, 0) is 6.42 Å². The topological polar surface area (TPSA) is 75.4 Å². The first kappa shape index (κ1) is 15.1. The van der Waals surface area contributed by atoms with Crippen LogP contribution in [0.5, 0.6) is 0 Å². The fourth-order valence-corrected chi connectivity index (χ4v) is 2.88. The van der Waals surface area contributed by atoms with Crippen molar-refractivity contribution in [2.45, 2.75) is 6.42 Å². The molecule has 0 bridgehead atoms. The number of hydrogen-bond acceptors (Lipinski definition) is 3. The third kappa shape index (κ3) is 2.77. The maximum absolute atomic E-state index is 12.1. The summed E-state index contributed by atoms with van der Waals surface area (Å²) in [4.78, 5) is 25.4. The maximum atomic E-state index is 12.1. The number of nitrogens with one attached hydrogen (secondary N) is 1. The summed E-state index contributed by atoms with van der Waals surface area (Å²) in [5, 5.41) is 3.21. The Kier molecular flexibility index (Phi) is 3.78. The molecule has 0 fully saturated rings. The Labute approximate surface area is 135 Å². The zero-order valence-corrected chi connectivity index (χ0v) is 13.2. The van der Waals surface area contributed by atoms with Crippen LogP contribution in [0.1, 0.15) is 26.3 Å². The summed E-state index contributed by atoms with van der Waals surface area (Å²) in [6.45, 7) is 0.804. The number of benzene rings is 2. The summed E-state index contributed by atoms with van der Waals surface area (Å²) in [5.74, 6) is -0.497. The van der Waals surface area contributed by atoms with Gasteiger partial charge >= 0.3 is 0 Å². The van der Waals surface area contributed by atoms with Crippen LogP contribution in [-0.4, -0.2) is 37.4 Å². The lowest BCUT2D eigenvalue weighted by molar-refractivity contribution is 0.0827. The molecule has 0 spiro atoms. The first-order valence-corrected chi connectivity index (χ1v) is 7.50. The molecule has 23 heavy (non-hydrogen) atoms. The number of amides is 2. The van der Waals surface area contributed by atoms with E-state index in [1.807, 2.05) is 18.2 Å². The predicted octanol–water partition coefficient (Wildman–Crippen LogP) is 2.12. The number of carbonyl (C=O) groups is 2. The first-order valence-electron chi connectivity index (χ1n) is 7.50. The number of anilines is 1. The van der Waals surface area contributed by atoms with Gasteiger partial charge in [-0.15, -0.1) is 0 Å². The van der Waals surface area contributed by atoms with Crippen molar-refractivity contribution in [2.75, 3.05) is 26.0 Å². The minimum Gasteiger partial charge on any atom is -0.384 e. The molecule has 1 aliphatic rings. The average molecular weight is 309 g/mol. The molecule has 5 nitrogen and oxygen atoms in total. The highest BCUT2D eigenvalue weighted by atomic mass is 16.2. The molecule has 118 valence electrons. The summed E-state index contributed by atoms with van der Waals surface area (Å²) >= 11 is 0. The second-order valence-electron chi connectivity index (χ2n) is 5.88. The Morgan fingerprint density at radius 3 is 2.61 bits per heavy atom. The van der Waals surface area contributed by atoms with Gasteiger partial charge in [-0.05, 0) is 47.4 Å². The smallest absolute Gasteiger partial charge is 0.253 e. The number of primary amides is 1. The average Bonchev–Trinajstić information content (AvgIpc) is 3.01. The molecule has 0 saturated carbocycles. The van der Waals surface area contributed by atoms with Crippen LogP contribution in [0.4, 0.5) is 5.69 Å². The first-order chi connectivity index (χ1) is 11.0. The molecule has 1 heterocycles. The Morgan fingerprint density at radius 2 is 1.91 bits per heavy atom. The monoisotopic (exact) mass is 309 g/mol. The molecule has 0 radical (unpaired) electrons. The van der Waals surface area contributed by atoms with Crippen LogP contribution >= 0.6 is 0 Å². The van der Waals surface area contributed by atoms with E-state index < -0.39 is 5.91 Å². The molecule has 3 N–H and O–H groups in total. The van der Waals surface area contributed by atoms with Gasteiger partial charge < -0.3 is 16.0 Å². The molecule has 0 aliphatic carbocycles. The maximum Gasteiger partial charge on any atom is 0.253 e. The fraction of sp³-hybridized carbons (Fsp3) is 0.222. The van der Waals surface area contributed by atoms with E-state index in [0.717, 1.165) is 35.3 Å². The zero-order chi connectivity index (χ0) is 16.6. The van der Waals surface area contributed by atoms with Gasteiger partial charge in [0.15, 0.2) is 0 Å². The Balaban J connectivity index is 2.09. The molecule has 1 aliphatic heterocycles. The molecule has 0 aromatic heterocycles. The SMILES string of the molecule is CN(C)C(=O)c1cccc(-c2cc3c(c(C(N)=O)c2)NCC3)c1. The van der Waals surface area contributed by atoms with Crippen molar-refractivity contribution in [3.8, 4) is 11.1 Å². The number of hydrogen-bond donors (Lipinski definition) is 2. The van der Waals surface area contributed by atoms with Crippen molar-refractivity contribution in [1.82, 2.24) is 4.90 Å². The van der Waals surface area contributed by atoms with Crippen molar-refractivity contribution < 1.29 is 9.59 Å². The van der Waals surface area contributed by atoms with E-state index in [0.29, 0.717) is 11.1 Å². The van der Waals surface area contributed by atoms with Crippen molar-refractivity contribution in [3.63, 3.8) is 0 Å². The molecular weight excluding hydrogens is 290 g/mol. The van der Waals surface area contributed by atoms with E-state index in [1.165, 1.54) is 0 Å². The van der Waals surface area contributed by atoms with Crippen LogP contribution < -0.4 is 11.1 Å². The summed E-state index contributed by atoms with van der Waals surface area (Å²) in [6.07, 6.45) is 0.861. The molecule has 2 aromatic carbocycles. The highest BCUT2D eigenvalue weighted by molar-refractivity contribution is 6.01. The minimum absolute atomic E-state index is 0.0511. The number of fused-ring (bicyclic) bond motifs is 1. The van der Waals surface area contributed by atoms with Gasteiger partial charge in [-0.1, -0.05) is 12.1 Å². The molecule has 0 unspecified atom stereocenters. The molecule has 0 saturated heterocycles. The van der Waals surface area contributed by atoms with Crippen LogP contribution in [0, 0.1) is 0 Å². The summed E-state index contributed by atoms with van der Waals surface area (Å²) in [6, 6.07) is 11.3. The molecule has 5 heteroatoms. The van der Waals surface area contributed by atoms with Gasteiger partial charge in [-0.2, -0.15) is 0 Å². The number of nitrogens with zero attached hydrogens (tertiary/aromatic N) is 1. The summed E-state index contributed by atoms with van der Waals surface area (Å²) in [7, 11) is 3.45. The van der Waals surface area contributed by atoms with Crippen LogP contribution in [0.2, 0.25) is 0 Å². The van der Waals surface area contributed by atoms with Crippen molar-refractivity contribution in [1.29, 1.82) is 0 Å². The molecule has 2 aromatic rings. The van der Waals surface area contributed by atoms with Crippen molar-refractivity contribution in [2.24, 2.45) is 5.73 Å². The summed E-state index contributed by atoms with van der Waals surface area (Å²) < 4.78 is 0. The standard InChI is InChI=1S/C18H19N3O2/c1-21(2)18(23)13-5-3-4-11(8-13)14-9-12-6-7-20-16(12)15(10-14)17(19)22/h3-5,8-10,20H,6-7H2,1-2H3,(H2,19,22). The normalized spacial score (nSPS) is 12.4. The summed E-state index contributed by atoms with van der Waals surface area (Å²) in [5.41, 5.74) is 10.3. The Hall–Kier alpha value is -2.82. The lowest BCUT2D eigenvalue weighted by Gasteiger charge is -2.13. The number of rotatable bonds is 3. The quantitative estimate of drug-likeness (QED) is 0.912. The van der Waals surface area contributed by atoms with Gasteiger partial charge in [-0.25, -0.2) is 0 Å². The highest BCUT2D eigenvalue weighted by Gasteiger charge is 2.19. The van der Waals surface area contributed by atoms with Gasteiger partial charge in [-0.3, -0.25) is 9.59 Å². The molecular formula is C18H19N3O2. The third-order valence-corrected chi connectivity index (χ3v) is 4.03. The van der Waals surface area contributed by atoms with Gasteiger partial charge in [0.25, 0.3) is 11.8 Å². The number of carbonyl (C=O) groups excluding carboxylic acids is 2. The Morgan fingerprint density at radius 1 is 1.13 bits per heavy atom. The van der Waals surface area contributed by atoms with E-state index in [-0.39, 0.29) is 5.91 Å². The van der Waals surface area contributed by atoms with Crippen LogP contribution in [0.25, 0.3) is 11.1 Å². The van der Waals surface area contributed by atoms with Crippen molar-refractivity contribution >= 4 is 17.5 Å². The van der Waals surface area contributed by atoms with Gasteiger partial charge in [0.1, 0.15) is 0 Å². The minimum atomic E-state index is -0.446. The molecule has 3 rings (SSSR count). The predicted molar refractivity (Wildman–Crippen MR) is 90.6 cm³/mol. The van der Waals surface area contributed by atoms with E-state index in [2.05, 4.69) is 11.4 Å². The van der Waals surface area contributed by atoms with Gasteiger partial charge in [0.05, 0.1) is 11.3 Å². The van der Waals surface area contributed by atoms with Gasteiger partial charge in [0.2, 0.25) is 0 Å². The molecule has 2 amide bonds. The fourth-order valence-electron chi connectivity index (χ4n) is 2.88.